The summed E-state index contributed by atoms with van der Waals surface area (Å²) in [6.07, 6.45) is 0.892. The first kappa shape index (κ1) is 22.8. The van der Waals surface area contributed by atoms with Crippen molar-refractivity contribution in [2.24, 2.45) is 0 Å². The summed E-state index contributed by atoms with van der Waals surface area (Å²) >= 11 is 0. The maximum Gasteiger partial charge on any atom is 0.151 e. The Kier molecular flexibility index (Phi) is 7.55. The van der Waals surface area contributed by atoms with E-state index in [2.05, 4.69) is 42.2 Å². The minimum atomic E-state index is -3.00. The molecule has 0 spiro atoms. The molecular weight excluding hydrogens is 398 g/mol. The van der Waals surface area contributed by atoms with Crippen LogP contribution < -0.4 is 4.74 Å². The molecule has 2 atom stereocenters. The molecule has 2 aromatic rings. The van der Waals surface area contributed by atoms with Crippen LogP contribution in [0.3, 0.4) is 0 Å². The van der Waals surface area contributed by atoms with Crippen molar-refractivity contribution in [2.75, 3.05) is 24.7 Å². The van der Waals surface area contributed by atoms with E-state index in [9.17, 15) is 13.5 Å². The van der Waals surface area contributed by atoms with Gasteiger partial charge in [0.05, 0.1) is 11.5 Å². The van der Waals surface area contributed by atoms with Crippen LogP contribution >= 0.6 is 0 Å². The Hall–Kier alpha value is -1.89. The second-order valence-corrected chi connectivity index (χ2v) is 10.7. The average Bonchev–Trinajstić information content (AvgIpc) is 3.05. The van der Waals surface area contributed by atoms with Gasteiger partial charge in [-0.2, -0.15) is 0 Å². The van der Waals surface area contributed by atoms with Gasteiger partial charge < -0.3 is 9.84 Å². The third-order valence-electron chi connectivity index (χ3n) is 5.62. The summed E-state index contributed by atoms with van der Waals surface area (Å²) in [5.41, 5.74) is 4.63. The van der Waals surface area contributed by atoms with E-state index in [0.717, 1.165) is 28.9 Å². The Labute approximate surface area is 180 Å². The lowest BCUT2D eigenvalue weighted by Gasteiger charge is -2.30. The van der Waals surface area contributed by atoms with Gasteiger partial charge >= 0.3 is 0 Å². The zero-order valence-electron chi connectivity index (χ0n) is 18.2. The van der Waals surface area contributed by atoms with Crippen LogP contribution in [-0.2, 0) is 22.8 Å². The van der Waals surface area contributed by atoms with E-state index < -0.39 is 15.9 Å². The largest absolute Gasteiger partial charge is 0.491 e. The van der Waals surface area contributed by atoms with E-state index in [1.165, 1.54) is 5.56 Å². The minimum absolute atomic E-state index is 0.0725. The van der Waals surface area contributed by atoms with Crippen LogP contribution in [0, 0.1) is 13.8 Å². The van der Waals surface area contributed by atoms with Crippen molar-refractivity contribution in [3.05, 3.63) is 64.7 Å². The summed E-state index contributed by atoms with van der Waals surface area (Å²) in [7, 11) is -3.00. The van der Waals surface area contributed by atoms with Crippen molar-refractivity contribution in [1.82, 2.24) is 4.90 Å². The highest BCUT2D eigenvalue weighted by Crippen LogP contribution is 2.21. The Morgan fingerprint density at radius 3 is 2.30 bits per heavy atom. The fourth-order valence-electron chi connectivity index (χ4n) is 4.05. The maximum atomic E-state index is 12.0. The van der Waals surface area contributed by atoms with E-state index in [1.54, 1.807) is 0 Å². The number of hydrogen-bond acceptors (Lipinski definition) is 5. The third kappa shape index (κ3) is 6.56. The van der Waals surface area contributed by atoms with Crippen molar-refractivity contribution in [3.8, 4) is 5.75 Å². The van der Waals surface area contributed by atoms with Gasteiger partial charge in [-0.1, -0.05) is 37.3 Å². The molecule has 3 rings (SSSR count). The fourth-order valence-corrected chi connectivity index (χ4v) is 5.81. The molecule has 0 amide bonds. The van der Waals surface area contributed by atoms with Crippen molar-refractivity contribution in [2.45, 2.75) is 52.3 Å². The van der Waals surface area contributed by atoms with Crippen LogP contribution in [0.15, 0.2) is 42.5 Å². The monoisotopic (exact) mass is 431 g/mol. The predicted molar refractivity (Wildman–Crippen MR) is 121 cm³/mol. The number of benzene rings is 2. The number of aliphatic hydroxyl groups excluding tert-OH is 1. The normalized spacial score (nSPS) is 19.2. The molecule has 164 valence electrons. The van der Waals surface area contributed by atoms with Crippen molar-refractivity contribution in [1.29, 1.82) is 0 Å². The smallest absolute Gasteiger partial charge is 0.151 e. The molecular formula is C24H33NO4S. The number of nitrogens with zero attached hydrogens (tertiary/aromatic N) is 1. The number of sulfone groups is 1. The number of ether oxygens (including phenoxy) is 1. The summed E-state index contributed by atoms with van der Waals surface area (Å²) in [5, 5.41) is 10.7. The molecule has 0 aliphatic carbocycles. The van der Waals surface area contributed by atoms with Gasteiger partial charge in [-0.25, -0.2) is 8.42 Å². The van der Waals surface area contributed by atoms with Crippen LogP contribution in [0.25, 0.3) is 0 Å². The third-order valence-corrected chi connectivity index (χ3v) is 7.37. The van der Waals surface area contributed by atoms with Gasteiger partial charge in [0.15, 0.2) is 9.84 Å². The van der Waals surface area contributed by atoms with E-state index in [-0.39, 0.29) is 24.2 Å². The highest BCUT2D eigenvalue weighted by molar-refractivity contribution is 7.91. The van der Waals surface area contributed by atoms with Crippen molar-refractivity contribution in [3.63, 3.8) is 0 Å². The van der Waals surface area contributed by atoms with Gasteiger partial charge in [0.2, 0.25) is 0 Å². The number of aryl methyl sites for hydroxylation is 3. The van der Waals surface area contributed by atoms with Crippen LogP contribution in [0.1, 0.15) is 35.6 Å². The molecule has 5 nitrogen and oxygen atoms in total. The molecule has 1 N–H and O–H groups in total. The molecule has 30 heavy (non-hydrogen) atoms. The Bertz CT molecular complexity index is 920. The van der Waals surface area contributed by atoms with Crippen molar-refractivity contribution >= 4 is 9.84 Å². The predicted octanol–water partition coefficient (Wildman–Crippen LogP) is 3.29. The Balaban J connectivity index is 1.66. The van der Waals surface area contributed by atoms with E-state index in [1.807, 2.05) is 26.0 Å². The highest BCUT2D eigenvalue weighted by Gasteiger charge is 2.33. The molecule has 0 radical (unpaired) electrons. The Morgan fingerprint density at radius 2 is 1.73 bits per heavy atom. The van der Waals surface area contributed by atoms with Gasteiger partial charge in [0, 0.05) is 19.1 Å². The molecule has 2 unspecified atom stereocenters. The first-order valence-electron chi connectivity index (χ1n) is 10.7. The number of aliphatic hydroxyl groups is 1. The standard InChI is InChI=1S/C24H33NO4S/c1-4-20-5-7-21(8-6-20)14-25(22-9-10-30(27,28)17-22)15-23(26)16-29-24-12-18(2)11-19(3)13-24/h5-8,11-13,22-23,26H,4,9-10,14-17H2,1-3H3. The fraction of sp³-hybridized carbons (Fsp3) is 0.500. The SMILES string of the molecule is CCc1ccc(CN(CC(O)COc2cc(C)cc(C)c2)C2CCS(=O)(=O)C2)cc1. The summed E-state index contributed by atoms with van der Waals surface area (Å²) in [6, 6.07) is 14.3. The first-order valence-corrected chi connectivity index (χ1v) is 12.5. The van der Waals surface area contributed by atoms with E-state index in [4.69, 9.17) is 4.74 Å². The van der Waals surface area contributed by atoms with Gasteiger partial charge in [0.25, 0.3) is 0 Å². The van der Waals surface area contributed by atoms with Crippen LogP contribution in [0.2, 0.25) is 0 Å². The lowest BCUT2D eigenvalue weighted by molar-refractivity contribution is 0.0524. The number of rotatable bonds is 9. The topological polar surface area (TPSA) is 66.8 Å². The maximum absolute atomic E-state index is 12.0. The van der Waals surface area contributed by atoms with Gasteiger partial charge in [0.1, 0.15) is 18.5 Å². The zero-order chi connectivity index (χ0) is 21.7. The lowest BCUT2D eigenvalue weighted by atomic mass is 10.1. The molecule has 2 aromatic carbocycles. The first-order chi connectivity index (χ1) is 14.2. The van der Waals surface area contributed by atoms with Crippen LogP contribution in [0.4, 0.5) is 0 Å². The quantitative estimate of drug-likeness (QED) is 0.660. The highest BCUT2D eigenvalue weighted by atomic mass is 32.2. The summed E-state index contributed by atoms with van der Waals surface area (Å²) in [5.74, 6) is 1.12. The molecule has 0 aromatic heterocycles. The van der Waals surface area contributed by atoms with Gasteiger partial charge in [-0.15, -0.1) is 0 Å². The van der Waals surface area contributed by atoms with E-state index >= 15 is 0 Å². The van der Waals surface area contributed by atoms with Gasteiger partial charge in [-0.3, -0.25) is 4.90 Å². The molecule has 0 saturated carbocycles. The van der Waals surface area contributed by atoms with Crippen LogP contribution in [0.5, 0.6) is 5.75 Å². The number of hydrogen-bond donors (Lipinski definition) is 1. The zero-order valence-corrected chi connectivity index (χ0v) is 19.0. The average molecular weight is 432 g/mol. The summed E-state index contributed by atoms with van der Waals surface area (Å²) < 4.78 is 29.9. The minimum Gasteiger partial charge on any atom is -0.491 e. The molecule has 0 bridgehead atoms. The second kappa shape index (κ2) is 9.94. The molecule has 1 aliphatic heterocycles. The van der Waals surface area contributed by atoms with E-state index in [0.29, 0.717) is 19.5 Å². The summed E-state index contributed by atoms with van der Waals surface area (Å²) in [6.45, 7) is 7.32. The second-order valence-electron chi connectivity index (χ2n) is 8.44. The molecule has 1 heterocycles. The van der Waals surface area contributed by atoms with Gasteiger partial charge in [-0.05, 0) is 61.1 Å². The molecule has 1 saturated heterocycles. The Morgan fingerprint density at radius 1 is 1.10 bits per heavy atom. The summed E-state index contributed by atoms with van der Waals surface area (Å²) in [4.78, 5) is 2.10. The molecule has 1 aliphatic rings. The lowest BCUT2D eigenvalue weighted by Crippen LogP contribution is -2.42. The molecule has 1 fully saturated rings. The molecule has 6 heteroatoms. The van der Waals surface area contributed by atoms with Crippen LogP contribution in [-0.4, -0.2) is 55.2 Å². The van der Waals surface area contributed by atoms with Crippen molar-refractivity contribution < 1.29 is 18.3 Å².